The molecule has 16 nitrogen and oxygen atoms in total. The van der Waals surface area contributed by atoms with Gasteiger partial charge in [-0.3, -0.25) is 9.13 Å². The Morgan fingerprint density at radius 3 is 1.12 bits per heavy atom. The van der Waals surface area contributed by atoms with Crippen LogP contribution in [0.1, 0.15) is 0 Å². The molecule has 0 aliphatic rings. The first-order valence-electron chi connectivity index (χ1n) is 41.7. The first-order chi connectivity index (χ1) is 62.4. The lowest BCUT2D eigenvalue weighted by Crippen LogP contribution is -2.06. The molecule has 26 aromatic rings. The predicted molar refractivity (Wildman–Crippen MR) is 502 cm³/mol. The zero-order valence-electron chi connectivity index (χ0n) is 66.8. The van der Waals surface area contributed by atoms with Crippen molar-refractivity contribution in [3.05, 3.63) is 376 Å². The summed E-state index contributed by atoms with van der Waals surface area (Å²) in [5.41, 5.74) is 24.9. The molecule has 26 rings (SSSR count). The van der Waals surface area contributed by atoms with Crippen LogP contribution in [0, 0.1) is 0 Å². The Morgan fingerprint density at radius 2 is 0.540 bits per heavy atom. The van der Waals surface area contributed by atoms with Gasteiger partial charge in [-0.15, -0.1) is 0 Å². The van der Waals surface area contributed by atoms with Gasteiger partial charge in [-0.1, -0.05) is 267 Å². The molecule has 16 aromatic carbocycles. The smallest absolute Gasteiger partial charge is 0.238 e. The van der Waals surface area contributed by atoms with E-state index in [4.69, 9.17) is 67.5 Å². The molecule has 0 saturated carbocycles. The Bertz CT molecular complexity index is 8990. The quantitative estimate of drug-likeness (QED) is 0.106. The van der Waals surface area contributed by atoms with E-state index in [0.717, 1.165) is 165 Å². The molecule has 10 aromatic heterocycles. The molecule has 0 unspecified atom stereocenters. The molecule has 0 N–H and O–H groups in total. The van der Waals surface area contributed by atoms with E-state index in [0.29, 0.717) is 103 Å². The second kappa shape index (κ2) is 28.0. The molecule has 16 heteroatoms. The number of nitrogens with zero attached hydrogens (tertiary/aromatic N) is 12. The van der Waals surface area contributed by atoms with E-state index in [2.05, 4.69) is 221 Å². The fourth-order valence-corrected chi connectivity index (χ4v) is 18.5. The Hall–Kier alpha value is -17.5. The van der Waals surface area contributed by atoms with Crippen molar-refractivity contribution >= 4 is 132 Å². The molecule has 0 fully saturated rings. The summed E-state index contributed by atoms with van der Waals surface area (Å²) in [4.78, 5) is 53.5. The van der Waals surface area contributed by atoms with Gasteiger partial charge in [-0.25, -0.2) is 29.9 Å². The summed E-state index contributed by atoms with van der Waals surface area (Å²) in [5.74, 6) is 4.03. The average Bonchev–Trinajstić information content (AvgIpc) is 1.57. The van der Waals surface area contributed by atoms with E-state index < -0.39 is 0 Å². The SMILES string of the molecule is c1ccc(-c2nc(-c3ccc4oc5cc(-c6nc(-c7ccc(-c8cccc(-c9nc(-c%10ccc%11oc%12c(-c%13nc(-c%14ccccc%14)c%14oc%15ccccc%15c%14n%13)cccc%12c%11c%10)nc(-n%10c%11ccccc%11c%11c(-c%12ccccc%12)cccc%11%10)n9)c8)cc7)c7oc8ccccc8c7n6)ccc5c4c3)nc(-n3c4ccccc4c4c(-c5ccccc5)cccc43)n2)cc1. The number of fused-ring (bicyclic) bond motifs is 18. The van der Waals surface area contributed by atoms with E-state index in [-0.39, 0.29) is 0 Å². The van der Waals surface area contributed by atoms with Crippen molar-refractivity contribution in [2.24, 2.45) is 0 Å². The number of benzene rings is 16. The van der Waals surface area contributed by atoms with Crippen LogP contribution in [0.2, 0.25) is 0 Å². The van der Waals surface area contributed by atoms with Crippen molar-refractivity contribution < 1.29 is 17.7 Å². The zero-order chi connectivity index (χ0) is 82.6. The first-order valence-corrected chi connectivity index (χ1v) is 41.7. The van der Waals surface area contributed by atoms with Crippen LogP contribution in [0.25, 0.3) is 268 Å². The molecule has 0 spiro atoms. The molecule has 126 heavy (non-hydrogen) atoms. The fraction of sp³-hybridized carbons (Fsp3) is 0. The van der Waals surface area contributed by atoms with Gasteiger partial charge in [0.05, 0.1) is 27.6 Å². The molecule has 586 valence electrons. The van der Waals surface area contributed by atoms with Gasteiger partial charge >= 0.3 is 0 Å². The first kappa shape index (κ1) is 70.4. The summed E-state index contributed by atoms with van der Waals surface area (Å²) in [5, 5.41) is 9.75. The van der Waals surface area contributed by atoms with E-state index in [1.165, 1.54) is 0 Å². The summed E-state index contributed by atoms with van der Waals surface area (Å²) in [6, 6.07) is 128. The second-order valence-corrected chi connectivity index (χ2v) is 31.7. The molecule has 0 radical (unpaired) electrons. The highest BCUT2D eigenvalue weighted by atomic mass is 16.3. The number of hydrogen-bond donors (Lipinski definition) is 0. The van der Waals surface area contributed by atoms with E-state index in [1.54, 1.807) is 0 Å². The molecule has 10 heterocycles. The van der Waals surface area contributed by atoms with E-state index in [9.17, 15) is 0 Å². The van der Waals surface area contributed by atoms with Crippen LogP contribution >= 0.6 is 0 Å². The predicted octanol–water partition coefficient (Wildman–Crippen LogP) is 27.8. The van der Waals surface area contributed by atoms with E-state index in [1.807, 2.05) is 164 Å². The number of rotatable bonds is 13. The van der Waals surface area contributed by atoms with Crippen molar-refractivity contribution in [1.29, 1.82) is 0 Å². The Kier molecular flexibility index (Phi) is 15.7. The Labute approximate surface area is 716 Å². The topological polar surface area (TPSA) is 191 Å². The van der Waals surface area contributed by atoms with E-state index >= 15 is 0 Å². The highest BCUT2D eigenvalue weighted by molar-refractivity contribution is 6.18. The van der Waals surface area contributed by atoms with Crippen molar-refractivity contribution in [3.8, 4) is 136 Å². The lowest BCUT2D eigenvalue weighted by atomic mass is 9.99. The van der Waals surface area contributed by atoms with Crippen LogP contribution < -0.4 is 0 Å². The molecule has 0 aliphatic heterocycles. The number of hydrogen-bond acceptors (Lipinski definition) is 14. The molecule has 0 saturated heterocycles. The van der Waals surface area contributed by atoms with Gasteiger partial charge in [0.2, 0.25) is 11.9 Å². The van der Waals surface area contributed by atoms with Crippen LogP contribution in [0.5, 0.6) is 0 Å². The monoisotopic (exact) mass is 1610 g/mol. The third-order valence-corrected chi connectivity index (χ3v) is 24.3. The Morgan fingerprint density at radius 1 is 0.175 bits per heavy atom. The van der Waals surface area contributed by atoms with Gasteiger partial charge in [0, 0.05) is 92.8 Å². The third kappa shape index (κ3) is 11.3. The zero-order valence-corrected chi connectivity index (χ0v) is 66.8. The summed E-state index contributed by atoms with van der Waals surface area (Å²) >= 11 is 0. The highest BCUT2D eigenvalue weighted by Crippen LogP contribution is 2.46. The molecular weight excluding hydrogens is 1550 g/mol. The highest BCUT2D eigenvalue weighted by Gasteiger charge is 2.28. The maximum Gasteiger partial charge on any atom is 0.238 e. The minimum atomic E-state index is 0.460. The number of furan rings is 4. The van der Waals surface area contributed by atoms with Crippen molar-refractivity contribution in [2.75, 3.05) is 0 Å². The van der Waals surface area contributed by atoms with Gasteiger partial charge < -0.3 is 17.7 Å². The maximum atomic E-state index is 6.91. The third-order valence-electron chi connectivity index (χ3n) is 24.3. The van der Waals surface area contributed by atoms with Crippen molar-refractivity contribution in [1.82, 2.24) is 59.0 Å². The number of para-hydroxylation sites is 5. The number of aromatic nitrogens is 12. The lowest BCUT2D eigenvalue weighted by Gasteiger charge is -2.12. The fourth-order valence-electron chi connectivity index (χ4n) is 18.5. The van der Waals surface area contributed by atoms with Gasteiger partial charge in [-0.2, -0.15) is 19.9 Å². The Balaban J connectivity index is 0.568. The second-order valence-electron chi connectivity index (χ2n) is 31.7. The lowest BCUT2D eigenvalue weighted by molar-refractivity contribution is 0.666. The molecule has 0 amide bonds. The van der Waals surface area contributed by atoms with Gasteiger partial charge in [0.15, 0.2) is 46.1 Å². The molecular formula is C110H62N12O4. The van der Waals surface area contributed by atoms with Crippen molar-refractivity contribution in [3.63, 3.8) is 0 Å². The standard InChI is InChI=1S/C110H62N12O4/c1-5-25-64(26-6-1)74-39-23-45-87-94(74)78-35-13-17-43-85(78)121(87)109-117-103(68-31-11-4-12-32-68)115-106(119-109)71-54-57-91-83(60-71)76-56-53-73(62-93(76)123-91)104-111-97(102-98(113-104)80-37-15-19-47-89(80)126-102)67-51-49-63(50-52-67)69-33-21-34-70(59-69)105-116-107(120-110(118-105)122-86-44-18-14-36-79(86)95-75(40-24-46-88(95)122)65-27-7-2-8-28-65)72-55-58-92-84(61-72)77-41-22-42-82(100(77)124-92)108-112-96(66-29-9-3-10-30-66)101-99(114-108)81-38-16-20-48-90(81)125-101/h1-62H. The van der Waals surface area contributed by atoms with Gasteiger partial charge in [0.25, 0.3) is 0 Å². The van der Waals surface area contributed by atoms with Crippen LogP contribution in [0.15, 0.2) is 394 Å². The van der Waals surface area contributed by atoms with Crippen LogP contribution in [0.3, 0.4) is 0 Å². The minimum absolute atomic E-state index is 0.460. The van der Waals surface area contributed by atoms with Gasteiger partial charge in [-0.05, 0) is 143 Å². The van der Waals surface area contributed by atoms with Gasteiger partial charge in [0.1, 0.15) is 55.9 Å². The summed E-state index contributed by atoms with van der Waals surface area (Å²) in [6.45, 7) is 0. The molecule has 0 aliphatic carbocycles. The maximum absolute atomic E-state index is 6.91. The van der Waals surface area contributed by atoms with Crippen molar-refractivity contribution in [2.45, 2.75) is 0 Å². The van der Waals surface area contributed by atoms with Crippen LogP contribution in [-0.4, -0.2) is 59.0 Å². The summed E-state index contributed by atoms with van der Waals surface area (Å²) in [6.07, 6.45) is 0. The average molecular weight is 1620 g/mol. The minimum Gasteiger partial charge on any atom is -0.456 e. The molecule has 0 atom stereocenters. The van der Waals surface area contributed by atoms with Crippen LogP contribution in [-0.2, 0) is 0 Å². The molecule has 0 bridgehead atoms. The largest absolute Gasteiger partial charge is 0.456 e. The normalized spacial score (nSPS) is 12.0. The summed E-state index contributed by atoms with van der Waals surface area (Å²) in [7, 11) is 0. The van der Waals surface area contributed by atoms with Crippen LogP contribution in [0.4, 0.5) is 0 Å². The summed E-state index contributed by atoms with van der Waals surface area (Å²) < 4.78 is 31.3.